The van der Waals surface area contributed by atoms with Gasteiger partial charge in [0.05, 0.1) is 11.6 Å². The lowest BCUT2D eigenvalue weighted by Gasteiger charge is -2.17. The summed E-state index contributed by atoms with van der Waals surface area (Å²) < 4.78 is 10.6. The van der Waals surface area contributed by atoms with Crippen molar-refractivity contribution in [1.82, 2.24) is 4.90 Å². The number of carbonyl (C=O) groups is 2. The maximum absolute atomic E-state index is 12.4. The zero-order valence-electron chi connectivity index (χ0n) is 16.8. The van der Waals surface area contributed by atoms with Gasteiger partial charge in [0.2, 0.25) is 18.6 Å². The molecule has 152 valence electrons. The van der Waals surface area contributed by atoms with Crippen molar-refractivity contribution in [3.05, 3.63) is 57.6 Å². The van der Waals surface area contributed by atoms with Crippen LogP contribution in [0.5, 0.6) is 11.5 Å². The van der Waals surface area contributed by atoms with Crippen LogP contribution in [-0.2, 0) is 9.59 Å². The SMILES string of the molecule is Cc1cc(C)c(NC(=O)CN(C)C(=O)/C=C/c2cc(Cl)c3c(c2)OCO3)c(C)c1. The largest absolute Gasteiger partial charge is 0.454 e. The molecule has 0 saturated heterocycles. The van der Waals surface area contributed by atoms with Gasteiger partial charge in [-0.25, -0.2) is 0 Å². The highest BCUT2D eigenvalue weighted by Crippen LogP contribution is 2.40. The van der Waals surface area contributed by atoms with Gasteiger partial charge in [-0.15, -0.1) is 0 Å². The number of nitrogens with zero attached hydrogens (tertiary/aromatic N) is 1. The Morgan fingerprint density at radius 2 is 1.83 bits per heavy atom. The fourth-order valence-corrected chi connectivity index (χ4v) is 3.50. The summed E-state index contributed by atoms with van der Waals surface area (Å²) in [4.78, 5) is 26.1. The molecule has 0 fully saturated rings. The first-order valence-electron chi connectivity index (χ1n) is 9.14. The minimum absolute atomic E-state index is 0.0577. The van der Waals surface area contributed by atoms with Gasteiger partial charge in [0.15, 0.2) is 11.5 Å². The molecule has 0 unspecified atom stereocenters. The Balaban J connectivity index is 1.61. The summed E-state index contributed by atoms with van der Waals surface area (Å²) in [6, 6.07) is 7.45. The molecule has 0 aliphatic carbocycles. The number of halogens is 1. The number of aryl methyl sites for hydroxylation is 3. The molecule has 3 rings (SSSR count). The van der Waals surface area contributed by atoms with Crippen LogP contribution >= 0.6 is 11.6 Å². The first kappa shape index (κ1) is 20.7. The summed E-state index contributed by atoms with van der Waals surface area (Å²) >= 11 is 6.15. The van der Waals surface area contributed by atoms with E-state index < -0.39 is 0 Å². The molecule has 0 radical (unpaired) electrons. The van der Waals surface area contributed by atoms with Gasteiger partial charge in [0, 0.05) is 18.8 Å². The topological polar surface area (TPSA) is 67.9 Å². The van der Waals surface area contributed by atoms with Crippen molar-refractivity contribution in [2.75, 3.05) is 25.7 Å². The number of fused-ring (bicyclic) bond motifs is 1. The van der Waals surface area contributed by atoms with Crippen molar-refractivity contribution >= 4 is 35.2 Å². The van der Waals surface area contributed by atoms with Crippen molar-refractivity contribution in [3.63, 3.8) is 0 Å². The van der Waals surface area contributed by atoms with Crippen LogP contribution in [0.2, 0.25) is 5.02 Å². The molecule has 0 spiro atoms. The third-order valence-electron chi connectivity index (χ3n) is 4.57. The van der Waals surface area contributed by atoms with Gasteiger partial charge in [-0.05, 0) is 55.7 Å². The van der Waals surface area contributed by atoms with Gasteiger partial charge >= 0.3 is 0 Å². The monoisotopic (exact) mass is 414 g/mol. The van der Waals surface area contributed by atoms with Crippen LogP contribution in [0.1, 0.15) is 22.3 Å². The fraction of sp³-hybridized carbons (Fsp3) is 0.273. The molecule has 0 atom stereocenters. The highest BCUT2D eigenvalue weighted by molar-refractivity contribution is 6.32. The molecule has 29 heavy (non-hydrogen) atoms. The zero-order valence-corrected chi connectivity index (χ0v) is 17.6. The van der Waals surface area contributed by atoms with Crippen molar-refractivity contribution in [1.29, 1.82) is 0 Å². The van der Waals surface area contributed by atoms with E-state index in [9.17, 15) is 9.59 Å². The highest BCUT2D eigenvalue weighted by Gasteiger charge is 2.18. The number of hydrogen-bond acceptors (Lipinski definition) is 4. The summed E-state index contributed by atoms with van der Waals surface area (Å²) in [5.41, 5.74) is 4.61. The van der Waals surface area contributed by atoms with Gasteiger partial charge < -0.3 is 19.7 Å². The number of carbonyl (C=O) groups excluding carboxylic acids is 2. The van der Waals surface area contributed by atoms with Crippen LogP contribution in [0, 0.1) is 20.8 Å². The second-order valence-corrected chi connectivity index (χ2v) is 7.49. The molecule has 2 aromatic rings. The quantitative estimate of drug-likeness (QED) is 0.748. The van der Waals surface area contributed by atoms with Crippen molar-refractivity contribution in [2.45, 2.75) is 20.8 Å². The van der Waals surface area contributed by atoms with E-state index in [4.69, 9.17) is 21.1 Å². The summed E-state index contributed by atoms with van der Waals surface area (Å²) in [6.45, 7) is 5.97. The number of hydrogen-bond donors (Lipinski definition) is 1. The molecule has 1 aliphatic rings. The first-order valence-corrected chi connectivity index (χ1v) is 9.52. The molecular weight excluding hydrogens is 392 g/mol. The molecule has 1 N–H and O–H groups in total. The lowest BCUT2D eigenvalue weighted by Crippen LogP contribution is -2.34. The van der Waals surface area contributed by atoms with Crippen LogP contribution in [0.15, 0.2) is 30.3 Å². The lowest BCUT2D eigenvalue weighted by atomic mass is 10.1. The van der Waals surface area contributed by atoms with Gasteiger partial charge in [-0.3, -0.25) is 9.59 Å². The second-order valence-electron chi connectivity index (χ2n) is 7.09. The number of likely N-dealkylation sites (N-methyl/N-ethyl adjacent to an activating group) is 1. The lowest BCUT2D eigenvalue weighted by molar-refractivity contribution is -0.129. The molecule has 7 heteroatoms. The van der Waals surface area contributed by atoms with Crippen LogP contribution in [0.25, 0.3) is 6.08 Å². The number of benzene rings is 2. The predicted octanol–water partition coefficient (Wildman–Crippen LogP) is 4.10. The minimum Gasteiger partial charge on any atom is -0.454 e. The molecule has 2 amide bonds. The number of ether oxygens (including phenoxy) is 2. The first-order chi connectivity index (χ1) is 13.7. The van der Waals surface area contributed by atoms with E-state index in [1.54, 1.807) is 25.3 Å². The molecule has 2 aromatic carbocycles. The van der Waals surface area contributed by atoms with E-state index in [-0.39, 0.29) is 25.2 Å². The Labute approximate surface area is 175 Å². The highest BCUT2D eigenvalue weighted by atomic mass is 35.5. The Kier molecular flexibility index (Phi) is 6.13. The average Bonchev–Trinajstić information content (AvgIpc) is 3.11. The number of rotatable bonds is 5. The Morgan fingerprint density at radius 3 is 2.52 bits per heavy atom. The molecule has 6 nitrogen and oxygen atoms in total. The third kappa shape index (κ3) is 4.90. The van der Waals surface area contributed by atoms with E-state index in [1.165, 1.54) is 11.0 Å². The predicted molar refractivity (Wildman–Crippen MR) is 114 cm³/mol. The van der Waals surface area contributed by atoms with Crippen molar-refractivity contribution < 1.29 is 19.1 Å². The van der Waals surface area contributed by atoms with Gasteiger partial charge in [0.1, 0.15) is 0 Å². The van der Waals surface area contributed by atoms with Crippen molar-refractivity contribution in [3.8, 4) is 11.5 Å². The summed E-state index contributed by atoms with van der Waals surface area (Å²) in [6.07, 6.45) is 3.02. The van der Waals surface area contributed by atoms with Crippen LogP contribution in [0.4, 0.5) is 5.69 Å². The van der Waals surface area contributed by atoms with E-state index >= 15 is 0 Å². The van der Waals surface area contributed by atoms with Crippen molar-refractivity contribution in [2.24, 2.45) is 0 Å². The van der Waals surface area contributed by atoms with Gasteiger partial charge in [0.25, 0.3) is 0 Å². The van der Waals surface area contributed by atoms with Crippen LogP contribution in [0.3, 0.4) is 0 Å². The average molecular weight is 415 g/mol. The number of amides is 2. The molecular formula is C22H23ClN2O4. The smallest absolute Gasteiger partial charge is 0.246 e. The van der Waals surface area contributed by atoms with Gasteiger partial charge in [-0.1, -0.05) is 29.3 Å². The molecule has 1 heterocycles. The molecule has 0 bridgehead atoms. The Hall–Kier alpha value is -2.99. The van der Waals surface area contributed by atoms with Crippen LogP contribution < -0.4 is 14.8 Å². The van der Waals surface area contributed by atoms with E-state index in [2.05, 4.69) is 5.32 Å². The molecule has 1 aliphatic heterocycles. The van der Waals surface area contributed by atoms with E-state index in [0.29, 0.717) is 22.1 Å². The maximum atomic E-state index is 12.4. The standard InChI is InChI=1S/C22H23ClN2O4/c1-13-7-14(2)21(15(3)8-13)24-19(26)11-25(4)20(27)6-5-16-9-17(23)22-18(10-16)28-12-29-22/h5-10H,11-12H2,1-4H3,(H,24,26)/b6-5+. The summed E-state index contributed by atoms with van der Waals surface area (Å²) in [7, 11) is 1.58. The molecule has 0 aromatic heterocycles. The summed E-state index contributed by atoms with van der Waals surface area (Å²) in [5, 5.41) is 3.32. The minimum atomic E-state index is -0.300. The number of nitrogens with one attached hydrogen (secondary N) is 1. The fourth-order valence-electron chi connectivity index (χ4n) is 3.23. The summed E-state index contributed by atoms with van der Waals surface area (Å²) in [5.74, 6) is 0.494. The van der Waals surface area contributed by atoms with E-state index in [0.717, 1.165) is 22.4 Å². The van der Waals surface area contributed by atoms with Gasteiger partial charge in [-0.2, -0.15) is 0 Å². The third-order valence-corrected chi connectivity index (χ3v) is 4.85. The Morgan fingerprint density at radius 1 is 1.14 bits per heavy atom. The zero-order chi connectivity index (χ0) is 21.1. The number of anilines is 1. The maximum Gasteiger partial charge on any atom is 0.246 e. The second kappa shape index (κ2) is 8.57. The van der Waals surface area contributed by atoms with E-state index in [1.807, 2.05) is 32.9 Å². The normalized spacial score (nSPS) is 12.3. The van der Waals surface area contributed by atoms with Crippen LogP contribution in [-0.4, -0.2) is 37.1 Å². The molecule has 0 saturated carbocycles. The Bertz CT molecular complexity index is 978.